The van der Waals surface area contributed by atoms with Gasteiger partial charge in [0.15, 0.2) is 13.2 Å². The summed E-state index contributed by atoms with van der Waals surface area (Å²) in [5.41, 5.74) is 2.26. The van der Waals surface area contributed by atoms with Crippen LogP contribution in [0.15, 0.2) is 18.2 Å². The lowest BCUT2D eigenvalue weighted by Crippen LogP contribution is -2.45. The minimum atomic E-state index is -0.543. The number of hydrogen-bond acceptors (Lipinski definition) is 4. The highest BCUT2D eigenvalue weighted by atomic mass is 16.6. The Bertz CT molecular complexity index is 614. The molecule has 1 aromatic carbocycles. The van der Waals surface area contributed by atoms with Crippen molar-refractivity contribution in [3.8, 4) is 5.75 Å². The fourth-order valence-electron chi connectivity index (χ4n) is 3.17. The lowest BCUT2D eigenvalue weighted by atomic mass is 9.78. The van der Waals surface area contributed by atoms with E-state index >= 15 is 0 Å². The van der Waals surface area contributed by atoms with Crippen molar-refractivity contribution in [3.05, 3.63) is 29.3 Å². The molecule has 0 heterocycles. The van der Waals surface area contributed by atoms with Crippen molar-refractivity contribution in [2.75, 3.05) is 13.2 Å². The van der Waals surface area contributed by atoms with Crippen LogP contribution in [0.1, 0.15) is 44.2 Å². The van der Waals surface area contributed by atoms with Gasteiger partial charge in [0, 0.05) is 6.04 Å². The van der Waals surface area contributed by atoms with Gasteiger partial charge in [-0.2, -0.15) is 0 Å². The molecule has 0 radical (unpaired) electrons. The fraction of sp³-hybridized carbons (Fsp3) is 0.600. The van der Waals surface area contributed by atoms with Gasteiger partial charge in [0.25, 0.3) is 5.91 Å². The average molecular weight is 347 g/mol. The van der Waals surface area contributed by atoms with Gasteiger partial charge in [-0.3, -0.25) is 4.79 Å². The fourth-order valence-corrected chi connectivity index (χ4v) is 3.17. The maximum Gasteiger partial charge on any atom is 0.344 e. The summed E-state index contributed by atoms with van der Waals surface area (Å²) >= 11 is 0. The number of esters is 1. The first kappa shape index (κ1) is 19.3. The second kappa shape index (κ2) is 8.88. The van der Waals surface area contributed by atoms with Gasteiger partial charge in [-0.1, -0.05) is 32.8 Å². The first-order valence-electron chi connectivity index (χ1n) is 9.02. The van der Waals surface area contributed by atoms with Gasteiger partial charge in [0.05, 0.1) is 0 Å². The van der Waals surface area contributed by atoms with Gasteiger partial charge in [0.2, 0.25) is 0 Å². The second-order valence-corrected chi connectivity index (χ2v) is 7.14. The Morgan fingerprint density at radius 3 is 2.60 bits per heavy atom. The molecule has 5 heteroatoms. The standard InChI is InChI=1S/C20H29NO4/c1-13-8-9-17(10-15(13)3)24-12-20(23)25-11-19(22)21-18-7-5-6-14(2)16(18)4/h8-10,14,16,18H,5-7,11-12H2,1-4H3,(H,21,22)/t14-,16-,18-/m0/s1. The number of aryl methyl sites for hydroxylation is 2. The van der Waals surface area contributed by atoms with Crippen LogP contribution >= 0.6 is 0 Å². The molecule has 25 heavy (non-hydrogen) atoms. The van der Waals surface area contributed by atoms with Crippen molar-refractivity contribution in [1.82, 2.24) is 5.32 Å². The van der Waals surface area contributed by atoms with Crippen LogP contribution in [0, 0.1) is 25.7 Å². The van der Waals surface area contributed by atoms with E-state index in [1.165, 1.54) is 6.42 Å². The van der Waals surface area contributed by atoms with Crippen molar-refractivity contribution >= 4 is 11.9 Å². The number of nitrogens with one attached hydrogen (secondary N) is 1. The Morgan fingerprint density at radius 1 is 1.12 bits per heavy atom. The normalized spacial score (nSPS) is 23.0. The van der Waals surface area contributed by atoms with E-state index in [1.807, 2.05) is 32.0 Å². The molecule has 0 spiro atoms. The maximum absolute atomic E-state index is 12.0. The van der Waals surface area contributed by atoms with E-state index < -0.39 is 5.97 Å². The van der Waals surface area contributed by atoms with Crippen molar-refractivity contribution < 1.29 is 19.1 Å². The molecule has 0 saturated heterocycles. The van der Waals surface area contributed by atoms with Gasteiger partial charge >= 0.3 is 5.97 Å². The summed E-state index contributed by atoms with van der Waals surface area (Å²) in [5.74, 6) is 0.882. The molecule has 0 aromatic heterocycles. The summed E-state index contributed by atoms with van der Waals surface area (Å²) in [7, 11) is 0. The number of rotatable bonds is 6. The molecular formula is C20H29NO4. The summed E-state index contributed by atoms with van der Waals surface area (Å²) in [6, 6.07) is 5.80. The van der Waals surface area contributed by atoms with E-state index in [9.17, 15) is 9.59 Å². The van der Waals surface area contributed by atoms with E-state index in [-0.39, 0.29) is 25.2 Å². The largest absolute Gasteiger partial charge is 0.482 e. The number of ether oxygens (including phenoxy) is 2. The molecule has 138 valence electrons. The van der Waals surface area contributed by atoms with Gasteiger partial charge in [-0.05, 0) is 55.4 Å². The van der Waals surface area contributed by atoms with E-state index in [0.717, 1.165) is 24.0 Å². The molecule has 5 nitrogen and oxygen atoms in total. The quantitative estimate of drug-likeness (QED) is 0.803. The van der Waals surface area contributed by atoms with Gasteiger partial charge in [-0.25, -0.2) is 4.79 Å². The molecule has 0 unspecified atom stereocenters. The van der Waals surface area contributed by atoms with Crippen molar-refractivity contribution in [3.63, 3.8) is 0 Å². The highest BCUT2D eigenvalue weighted by molar-refractivity contribution is 5.81. The van der Waals surface area contributed by atoms with Crippen LogP contribution in [-0.4, -0.2) is 31.1 Å². The highest BCUT2D eigenvalue weighted by Gasteiger charge is 2.28. The average Bonchev–Trinajstić information content (AvgIpc) is 2.58. The zero-order valence-corrected chi connectivity index (χ0v) is 15.6. The van der Waals surface area contributed by atoms with Gasteiger partial charge in [-0.15, -0.1) is 0 Å². The minimum Gasteiger partial charge on any atom is -0.482 e. The summed E-state index contributed by atoms with van der Waals surface area (Å²) in [4.78, 5) is 23.7. The zero-order chi connectivity index (χ0) is 18.4. The zero-order valence-electron chi connectivity index (χ0n) is 15.6. The summed E-state index contributed by atoms with van der Waals surface area (Å²) in [6.45, 7) is 7.92. The molecule has 1 aliphatic rings. The van der Waals surface area contributed by atoms with Crippen molar-refractivity contribution in [2.45, 2.75) is 53.0 Å². The Labute approximate surface area is 150 Å². The Morgan fingerprint density at radius 2 is 1.88 bits per heavy atom. The first-order valence-corrected chi connectivity index (χ1v) is 9.02. The van der Waals surface area contributed by atoms with Crippen molar-refractivity contribution in [1.29, 1.82) is 0 Å². The van der Waals surface area contributed by atoms with Crippen LogP contribution in [-0.2, 0) is 14.3 Å². The SMILES string of the molecule is Cc1ccc(OCC(=O)OCC(=O)N[C@H]2CCC[C@H](C)[C@@H]2C)cc1C. The summed E-state index contributed by atoms with van der Waals surface area (Å²) in [6.07, 6.45) is 3.32. The second-order valence-electron chi connectivity index (χ2n) is 7.14. The van der Waals surface area contributed by atoms with Crippen molar-refractivity contribution in [2.24, 2.45) is 11.8 Å². The molecule has 1 N–H and O–H groups in total. The topological polar surface area (TPSA) is 64.6 Å². The summed E-state index contributed by atoms with van der Waals surface area (Å²) < 4.78 is 10.4. The predicted molar refractivity (Wildman–Crippen MR) is 96.5 cm³/mol. The molecule has 1 aromatic rings. The lowest BCUT2D eigenvalue weighted by Gasteiger charge is -2.34. The smallest absolute Gasteiger partial charge is 0.344 e. The van der Waals surface area contributed by atoms with E-state index in [4.69, 9.17) is 9.47 Å². The highest BCUT2D eigenvalue weighted by Crippen LogP contribution is 2.29. The number of carbonyl (C=O) groups excluding carboxylic acids is 2. The Kier molecular flexibility index (Phi) is 6.85. The van der Waals surface area contributed by atoms with Gasteiger partial charge in [0.1, 0.15) is 5.75 Å². The van der Waals surface area contributed by atoms with E-state index in [1.54, 1.807) is 0 Å². The van der Waals surface area contributed by atoms with Crippen LogP contribution in [0.4, 0.5) is 0 Å². The summed E-state index contributed by atoms with van der Waals surface area (Å²) in [5, 5.41) is 2.98. The van der Waals surface area contributed by atoms with E-state index in [2.05, 4.69) is 19.2 Å². The Hall–Kier alpha value is -2.04. The third-order valence-electron chi connectivity index (χ3n) is 5.25. The van der Waals surface area contributed by atoms with Gasteiger partial charge < -0.3 is 14.8 Å². The molecule has 1 amide bonds. The molecule has 0 aliphatic heterocycles. The molecule has 0 bridgehead atoms. The number of benzene rings is 1. The monoisotopic (exact) mass is 347 g/mol. The Balaban J connectivity index is 1.70. The van der Waals surface area contributed by atoms with Crippen LogP contribution in [0.5, 0.6) is 5.75 Å². The minimum absolute atomic E-state index is 0.168. The van der Waals surface area contributed by atoms with Crippen LogP contribution < -0.4 is 10.1 Å². The van der Waals surface area contributed by atoms with Crippen LogP contribution in [0.2, 0.25) is 0 Å². The molecular weight excluding hydrogens is 318 g/mol. The van der Waals surface area contributed by atoms with Crippen LogP contribution in [0.3, 0.4) is 0 Å². The first-order chi connectivity index (χ1) is 11.9. The molecule has 2 rings (SSSR count). The molecule has 1 saturated carbocycles. The maximum atomic E-state index is 12.0. The number of amides is 1. The number of hydrogen-bond donors (Lipinski definition) is 1. The predicted octanol–water partition coefficient (Wildman–Crippen LogP) is 3.17. The number of carbonyl (C=O) groups is 2. The van der Waals surface area contributed by atoms with Crippen LogP contribution in [0.25, 0.3) is 0 Å². The molecule has 1 fully saturated rings. The third kappa shape index (κ3) is 5.76. The molecule has 3 atom stereocenters. The molecule has 1 aliphatic carbocycles. The third-order valence-corrected chi connectivity index (χ3v) is 5.25. The lowest BCUT2D eigenvalue weighted by molar-refractivity contribution is -0.150. The van der Waals surface area contributed by atoms with E-state index in [0.29, 0.717) is 17.6 Å².